The van der Waals surface area contributed by atoms with Crippen LogP contribution in [0.4, 0.5) is 0 Å². The molecule has 1 aliphatic rings. The van der Waals surface area contributed by atoms with Gasteiger partial charge in [-0.05, 0) is 38.4 Å². The Morgan fingerprint density at radius 2 is 2.15 bits per heavy atom. The summed E-state index contributed by atoms with van der Waals surface area (Å²) in [4.78, 5) is 22.3. The molecule has 1 saturated heterocycles. The van der Waals surface area contributed by atoms with Crippen molar-refractivity contribution in [2.75, 3.05) is 13.1 Å². The number of likely N-dealkylation sites (tertiary alicyclic amines) is 1. The first kappa shape index (κ1) is 13.4. The molecule has 0 aromatic carbocycles. The minimum absolute atomic E-state index is 0.0375. The van der Waals surface area contributed by atoms with Gasteiger partial charge in [-0.1, -0.05) is 13.3 Å². The molecule has 0 amide bonds. The summed E-state index contributed by atoms with van der Waals surface area (Å²) in [7, 11) is 0. The van der Waals surface area contributed by atoms with Gasteiger partial charge in [0.05, 0.1) is 11.8 Å². The summed E-state index contributed by atoms with van der Waals surface area (Å²) in [5, 5.41) is 0. The van der Waals surface area contributed by atoms with Crippen LogP contribution in [0.15, 0.2) is 23.4 Å². The van der Waals surface area contributed by atoms with Crippen LogP contribution < -0.4 is 5.56 Å². The van der Waals surface area contributed by atoms with Gasteiger partial charge in [0.15, 0.2) is 0 Å². The molecule has 5 nitrogen and oxygen atoms in total. The van der Waals surface area contributed by atoms with Crippen LogP contribution in [-0.4, -0.2) is 38.6 Å². The fraction of sp³-hybridized carbons (Fsp3) is 0.600. The molecule has 3 heterocycles. The number of H-pyrrole nitrogens is 1. The molecule has 1 N–H and O–H groups in total. The van der Waals surface area contributed by atoms with Crippen LogP contribution in [0.1, 0.15) is 32.6 Å². The van der Waals surface area contributed by atoms with E-state index in [0.29, 0.717) is 11.6 Å². The Labute approximate surface area is 118 Å². The molecule has 5 heteroatoms. The average molecular weight is 274 g/mol. The van der Waals surface area contributed by atoms with Crippen molar-refractivity contribution in [1.82, 2.24) is 19.4 Å². The van der Waals surface area contributed by atoms with Gasteiger partial charge in [-0.25, -0.2) is 4.98 Å². The van der Waals surface area contributed by atoms with Crippen molar-refractivity contribution in [1.29, 1.82) is 0 Å². The predicted molar refractivity (Wildman–Crippen MR) is 79.9 cm³/mol. The first-order valence-corrected chi connectivity index (χ1v) is 7.56. The van der Waals surface area contributed by atoms with E-state index in [4.69, 9.17) is 0 Å². The van der Waals surface area contributed by atoms with E-state index in [0.717, 1.165) is 31.6 Å². The van der Waals surface area contributed by atoms with Crippen molar-refractivity contribution in [2.45, 2.75) is 45.2 Å². The van der Waals surface area contributed by atoms with Crippen molar-refractivity contribution in [3.63, 3.8) is 0 Å². The van der Waals surface area contributed by atoms with Crippen molar-refractivity contribution in [2.24, 2.45) is 0 Å². The number of rotatable bonds is 4. The number of piperidine rings is 1. The van der Waals surface area contributed by atoms with Gasteiger partial charge >= 0.3 is 0 Å². The van der Waals surface area contributed by atoms with Crippen LogP contribution >= 0.6 is 0 Å². The van der Waals surface area contributed by atoms with Gasteiger partial charge in [0.2, 0.25) is 0 Å². The predicted octanol–water partition coefficient (Wildman–Crippen LogP) is 1.99. The summed E-state index contributed by atoms with van der Waals surface area (Å²) < 4.78 is 1.75. The Bertz CT molecular complexity index is 624. The molecule has 0 radical (unpaired) electrons. The number of hydrogen-bond donors (Lipinski definition) is 1. The van der Waals surface area contributed by atoms with Gasteiger partial charge in [-0.15, -0.1) is 0 Å². The van der Waals surface area contributed by atoms with Gasteiger partial charge in [0, 0.05) is 18.8 Å². The highest BCUT2D eigenvalue weighted by molar-refractivity contribution is 5.73. The van der Waals surface area contributed by atoms with Crippen LogP contribution in [-0.2, 0) is 6.54 Å². The quantitative estimate of drug-likeness (QED) is 0.927. The Kier molecular flexibility index (Phi) is 3.87. The zero-order valence-electron chi connectivity index (χ0n) is 12.0. The van der Waals surface area contributed by atoms with Crippen molar-refractivity contribution in [3.05, 3.63) is 28.9 Å². The van der Waals surface area contributed by atoms with E-state index in [2.05, 4.69) is 21.8 Å². The Morgan fingerprint density at radius 3 is 2.90 bits per heavy atom. The highest BCUT2D eigenvalue weighted by Gasteiger charge is 2.20. The minimum Gasteiger partial charge on any atom is -0.355 e. The summed E-state index contributed by atoms with van der Waals surface area (Å²) >= 11 is 0. The topological polar surface area (TPSA) is 53.9 Å². The highest BCUT2D eigenvalue weighted by atomic mass is 16.1. The second-order valence-electron chi connectivity index (χ2n) is 5.60. The van der Waals surface area contributed by atoms with Gasteiger partial charge < -0.3 is 4.98 Å². The standard InChI is InChI=1S/C15H22N4O/c1-2-12(18-8-4-3-5-9-18)10-19-11-17-13-6-7-16-14(13)15(19)20/h6-7,11-12,16H,2-5,8-10H2,1H3. The molecule has 1 unspecified atom stereocenters. The summed E-state index contributed by atoms with van der Waals surface area (Å²) in [6, 6.07) is 2.27. The van der Waals surface area contributed by atoms with Crippen LogP contribution in [0.25, 0.3) is 11.0 Å². The minimum atomic E-state index is 0.0375. The lowest BCUT2D eigenvalue weighted by molar-refractivity contribution is 0.143. The lowest BCUT2D eigenvalue weighted by atomic mass is 10.1. The molecular weight excluding hydrogens is 252 g/mol. The molecule has 0 saturated carbocycles. The van der Waals surface area contributed by atoms with E-state index in [1.54, 1.807) is 17.1 Å². The number of nitrogens with zero attached hydrogens (tertiary/aromatic N) is 3. The molecule has 20 heavy (non-hydrogen) atoms. The molecule has 2 aromatic rings. The number of aromatic amines is 1. The monoisotopic (exact) mass is 274 g/mol. The maximum Gasteiger partial charge on any atom is 0.277 e. The number of aromatic nitrogens is 3. The molecule has 0 aliphatic carbocycles. The molecule has 108 valence electrons. The van der Waals surface area contributed by atoms with Crippen molar-refractivity contribution >= 4 is 11.0 Å². The Hall–Kier alpha value is -1.62. The highest BCUT2D eigenvalue weighted by Crippen LogP contribution is 2.15. The second kappa shape index (κ2) is 5.79. The fourth-order valence-corrected chi connectivity index (χ4v) is 3.11. The molecule has 0 bridgehead atoms. The summed E-state index contributed by atoms with van der Waals surface area (Å²) in [5.74, 6) is 0. The first-order valence-electron chi connectivity index (χ1n) is 7.56. The zero-order chi connectivity index (χ0) is 13.9. The van der Waals surface area contributed by atoms with E-state index in [1.165, 1.54) is 19.3 Å². The largest absolute Gasteiger partial charge is 0.355 e. The molecular formula is C15H22N4O. The third kappa shape index (κ3) is 2.50. The number of fused-ring (bicyclic) bond motifs is 1. The van der Waals surface area contributed by atoms with Crippen molar-refractivity contribution in [3.8, 4) is 0 Å². The maximum atomic E-state index is 12.4. The third-order valence-electron chi connectivity index (χ3n) is 4.32. The van der Waals surface area contributed by atoms with Crippen LogP contribution in [0.5, 0.6) is 0 Å². The van der Waals surface area contributed by atoms with E-state index < -0.39 is 0 Å². The van der Waals surface area contributed by atoms with Gasteiger partial charge in [-0.2, -0.15) is 0 Å². The smallest absolute Gasteiger partial charge is 0.277 e. The second-order valence-corrected chi connectivity index (χ2v) is 5.60. The summed E-state index contributed by atoms with van der Waals surface area (Å²) in [6.45, 7) is 5.25. The lowest BCUT2D eigenvalue weighted by Gasteiger charge is -2.34. The molecule has 1 fully saturated rings. The fourth-order valence-electron chi connectivity index (χ4n) is 3.11. The average Bonchev–Trinajstić information content (AvgIpc) is 2.97. The van der Waals surface area contributed by atoms with E-state index in [-0.39, 0.29) is 5.56 Å². The van der Waals surface area contributed by atoms with Gasteiger partial charge in [0.1, 0.15) is 5.52 Å². The SMILES string of the molecule is CCC(Cn1cnc2cc[nH]c2c1=O)N1CCCCC1. The lowest BCUT2D eigenvalue weighted by Crippen LogP contribution is -2.43. The summed E-state index contributed by atoms with van der Waals surface area (Å²) in [5.41, 5.74) is 1.40. The number of hydrogen-bond acceptors (Lipinski definition) is 3. The first-order chi connectivity index (χ1) is 9.79. The molecule has 3 rings (SSSR count). The van der Waals surface area contributed by atoms with E-state index in [1.807, 2.05) is 6.07 Å². The zero-order valence-corrected chi connectivity index (χ0v) is 12.0. The van der Waals surface area contributed by atoms with Crippen LogP contribution in [0.2, 0.25) is 0 Å². The Morgan fingerprint density at radius 1 is 1.35 bits per heavy atom. The molecule has 1 aliphatic heterocycles. The van der Waals surface area contributed by atoms with Gasteiger partial charge in [0.25, 0.3) is 5.56 Å². The normalized spacial score (nSPS) is 18.4. The van der Waals surface area contributed by atoms with Crippen LogP contribution in [0.3, 0.4) is 0 Å². The summed E-state index contributed by atoms with van der Waals surface area (Å²) in [6.07, 6.45) is 8.41. The van der Waals surface area contributed by atoms with Crippen LogP contribution in [0, 0.1) is 0 Å². The van der Waals surface area contributed by atoms with Crippen molar-refractivity contribution < 1.29 is 0 Å². The molecule has 0 spiro atoms. The van der Waals surface area contributed by atoms with Gasteiger partial charge in [-0.3, -0.25) is 14.3 Å². The Balaban J connectivity index is 1.83. The molecule has 2 aromatic heterocycles. The third-order valence-corrected chi connectivity index (χ3v) is 4.32. The maximum absolute atomic E-state index is 12.4. The number of nitrogens with one attached hydrogen (secondary N) is 1. The van der Waals surface area contributed by atoms with E-state index >= 15 is 0 Å². The van der Waals surface area contributed by atoms with E-state index in [9.17, 15) is 4.79 Å². The molecule has 1 atom stereocenters.